The summed E-state index contributed by atoms with van der Waals surface area (Å²) in [5.41, 5.74) is -0.227. The molecule has 0 aromatic carbocycles. The number of Topliss-reactive ketones (excluding diaryl/α,β-unsaturated/α-hetero) is 1. The maximum Gasteiger partial charge on any atom is 0.226 e. The molecule has 0 radical (unpaired) electrons. The van der Waals surface area contributed by atoms with E-state index in [-0.39, 0.29) is 11.6 Å². The summed E-state index contributed by atoms with van der Waals surface area (Å²) in [6.07, 6.45) is 9.36. The zero-order chi connectivity index (χ0) is 22.3. The SMILES string of the molecule is C[C@]1(c2ccco2)O[C@@H]2C[C@H]3[C@@H]4CCC5=CC(=O)CC[C@@H]5[C@H]4CC[C@]3(C)[C@]2(C(=O)CO)O1. The molecule has 1 aliphatic heterocycles. The smallest absolute Gasteiger partial charge is 0.226 e. The van der Waals surface area contributed by atoms with Crippen LogP contribution in [0, 0.1) is 29.1 Å². The summed E-state index contributed by atoms with van der Waals surface area (Å²) in [5.74, 6) is 1.23. The first-order valence-corrected chi connectivity index (χ1v) is 12.1. The van der Waals surface area contributed by atoms with E-state index in [1.165, 1.54) is 5.57 Å². The molecule has 0 bridgehead atoms. The Morgan fingerprint density at radius 2 is 2.03 bits per heavy atom. The van der Waals surface area contributed by atoms with E-state index in [1.807, 2.05) is 19.1 Å². The van der Waals surface area contributed by atoms with Gasteiger partial charge in [0.1, 0.15) is 6.61 Å². The zero-order valence-corrected chi connectivity index (χ0v) is 18.8. The summed E-state index contributed by atoms with van der Waals surface area (Å²) in [6.45, 7) is 3.45. The summed E-state index contributed by atoms with van der Waals surface area (Å²) >= 11 is 0. The number of fused-ring (bicyclic) bond motifs is 7. The van der Waals surface area contributed by atoms with Crippen molar-refractivity contribution in [1.82, 2.24) is 0 Å². The second kappa shape index (κ2) is 6.87. The van der Waals surface area contributed by atoms with E-state index in [0.717, 1.165) is 38.5 Å². The largest absolute Gasteiger partial charge is 0.464 e. The lowest BCUT2D eigenvalue weighted by Gasteiger charge is -2.55. The third-order valence-corrected chi connectivity index (χ3v) is 9.71. The zero-order valence-electron chi connectivity index (χ0n) is 18.8. The third kappa shape index (κ3) is 2.52. The number of aliphatic hydroxyl groups is 1. The van der Waals surface area contributed by atoms with Crippen LogP contribution in [0.5, 0.6) is 0 Å². The Morgan fingerprint density at radius 3 is 2.78 bits per heavy atom. The van der Waals surface area contributed by atoms with Crippen LogP contribution >= 0.6 is 0 Å². The van der Waals surface area contributed by atoms with Crippen molar-refractivity contribution in [1.29, 1.82) is 0 Å². The van der Waals surface area contributed by atoms with Crippen LogP contribution in [0.2, 0.25) is 0 Å². The van der Waals surface area contributed by atoms with Gasteiger partial charge < -0.3 is 19.0 Å². The van der Waals surface area contributed by atoms with E-state index in [4.69, 9.17) is 13.9 Å². The molecular formula is C26H32O6. The predicted octanol–water partition coefficient (Wildman–Crippen LogP) is 3.92. The molecule has 6 heteroatoms. The molecule has 3 saturated carbocycles. The number of hydrogen-bond donors (Lipinski definition) is 1. The molecule has 0 unspecified atom stereocenters. The molecule has 4 aliphatic carbocycles. The van der Waals surface area contributed by atoms with Gasteiger partial charge in [-0.15, -0.1) is 0 Å². The highest BCUT2D eigenvalue weighted by atomic mass is 16.8. The van der Waals surface area contributed by atoms with Gasteiger partial charge in [0, 0.05) is 11.8 Å². The molecule has 172 valence electrons. The highest BCUT2D eigenvalue weighted by molar-refractivity contribution is 5.92. The van der Waals surface area contributed by atoms with Gasteiger partial charge in [-0.3, -0.25) is 9.59 Å². The normalized spacial score (nSPS) is 47.3. The van der Waals surface area contributed by atoms with Crippen LogP contribution in [0.25, 0.3) is 0 Å². The Balaban J connectivity index is 1.38. The second-order valence-electron chi connectivity index (χ2n) is 10.9. The van der Waals surface area contributed by atoms with Crippen molar-refractivity contribution in [3.05, 3.63) is 35.8 Å². The first-order chi connectivity index (χ1) is 15.3. The van der Waals surface area contributed by atoms with E-state index < -0.39 is 29.5 Å². The fourth-order valence-electron chi connectivity index (χ4n) is 8.40. The van der Waals surface area contributed by atoms with E-state index in [0.29, 0.717) is 35.9 Å². The lowest BCUT2D eigenvalue weighted by molar-refractivity contribution is -0.234. The Labute approximate surface area is 188 Å². The molecule has 1 aromatic heterocycles. The summed E-state index contributed by atoms with van der Waals surface area (Å²) in [7, 11) is 0. The minimum atomic E-state index is -1.17. The number of carbonyl (C=O) groups is 2. The fraction of sp³-hybridized carbons (Fsp3) is 0.692. The minimum Gasteiger partial charge on any atom is -0.464 e. The number of rotatable bonds is 3. The maximum absolute atomic E-state index is 13.4. The van der Waals surface area contributed by atoms with Crippen molar-refractivity contribution in [3.8, 4) is 0 Å². The maximum atomic E-state index is 13.4. The average Bonchev–Trinajstić information content (AvgIpc) is 3.47. The summed E-state index contributed by atoms with van der Waals surface area (Å²) in [6, 6.07) is 3.61. The molecule has 0 amide bonds. The number of ether oxygens (including phenoxy) is 2. The number of aliphatic hydroxyl groups excluding tert-OH is 1. The van der Waals surface area contributed by atoms with Gasteiger partial charge in [0.05, 0.1) is 12.4 Å². The highest BCUT2D eigenvalue weighted by Crippen LogP contribution is 2.69. The van der Waals surface area contributed by atoms with E-state index in [1.54, 1.807) is 12.3 Å². The van der Waals surface area contributed by atoms with E-state index in [2.05, 4.69) is 6.92 Å². The Hall–Kier alpha value is -1.76. The first kappa shape index (κ1) is 20.8. The van der Waals surface area contributed by atoms with Crippen LogP contribution < -0.4 is 0 Å². The Kier molecular flexibility index (Phi) is 4.47. The van der Waals surface area contributed by atoms with Crippen LogP contribution in [0.15, 0.2) is 34.5 Å². The Morgan fingerprint density at radius 1 is 1.19 bits per heavy atom. The molecule has 32 heavy (non-hydrogen) atoms. The average molecular weight is 441 g/mol. The molecule has 1 saturated heterocycles. The molecule has 6 rings (SSSR count). The molecule has 2 heterocycles. The quantitative estimate of drug-likeness (QED) is 0.767. The topological polar surface area (TPSA) is 86.0 Å². The molecule has 5 aliphatic rings. The van der Waals surface area contributed by atoms with Crippen molar-refractivity contribution in [3.63, 3.8) is 0 Å². The lowest BCUT2D eigenvalue weighted by Crippen LogP contribution is -2.60. The highest BCUT2D eigenvalue weighted by Gasteiger charge is 2.76. The van der Waals surface area contributed by atoms with Gasteiger partial charge in [0.15, 0.2) is 22.9 Å². The minimum absolute atomic E-state index is 0.275. The number of allylic oxidation sites excluding steroid dienone is 1. The number of ketones is 2. The van der Waals surface area contributed by atoms with E-state index in [9.17, 15) is 14.7 Å². The van der Waals surface area contributed by atoms with Gasteiger partial charge in [-0.05, 0) is 87.3 Å². The van der Waals surface area contributed by atoms with Crippen LogP contribution in [0.1, 0.15) is 64.6 Å². The summed E-state index contributed by atoms with van der Waals surface area (Å²) in [4.78, 5) is 25.4. The standard InChI is InChI=1S/C26H32O6/c1-24-10-9-18-17-8-6-16(28)12-15(17)5-7-19(18)20(24)13-23-26(24,21(29)14-27)32-25(2,31-23)22-4-3-11-30-22/h3-4,11-12,17-20,23,27H,5-10,13-14H2,1-2H3/t17-,18+,19+,20-,23+,24-,25-,26+/m0/s1. The fourth-order valence-corrected chi connectivity index (χ4v) is 8.40. The van der Waals surface area contributed by atoms with Crippen molar-refractivity contribution in [2.45, 2.75) is 76.3 Å². The van der Waals surface area contributed by atoms with Gasteiger partial charge in [0.25, 0.3) is 0 Å². The molecule has 1 aromatic rings. The summed E-state index contributed by atoms with van der Waals surface area (Å²) in [5, 5.41) is 10.0. The van der Waals surface area contributed by atoms with Gasteiger partial charge >= 0.3 is 0 Å². The molecule has 6 nitrogen and oxygen atoms in total. The predicted molar refractivity (Wildman–Crippen MR) is 114 cm³/mol. The lowest BCUT2D eigenvalue weighted by atomic mass is 9.50. The Bertz CT molecular complexity index is 980. The monoisotopic (exact) mass is 440 g/mol. The second-order valence-corrected chi connectivity index (χ2v) is 10.9. The number of hydrogen-bond acceptors (Lipinski definition) is 6. The van der Waals surface area contributed by atoms with Crippen LogP contribution in [0.4, 0.5) is 0 Å². The molecule has 8 atom stereocenters. The van der Waals surface area contributed by atoms with Crippen molar-refractivity contribution in [2.75, 3.05) is 6.61 Å². The van der Waals surface area contributed by atoms with Gasteiger partial charge in [-0.25, -0.2) is 0 Å². The van der Waals surface area contributed by atoms with Crippen LogP contribution in [-0.2, 0) is 24.8 Å². The van der Waals surface area contributed by atoms with Crippen molar-refractivity contribution in [2.24, 2.45) is 29.1 Å². The molecule has 4 fully saturated rings. The molecular weight excluding hydrogens is 408 g/mol. The number of furan rings is 1. The van der Waals surface area contributed by atoms with Crippen LogP contribution in [-0.4, -0.2) is 35.0 Å². The van der Waals surface area contributed by atoms with Crippen molar-refractivity contribution < 1.29 is 28.6 Å². The van der Waals surface area contributed by atoms with Gasteiger partial charge in [-0.2, -0.15) is 0 Å². The van der Waals surface area contributed by atoms with Gasteiger partial charge in [-0.1, -0.05) is 12.5 Å². The third-order valence-electron chi connectivity index (χ3n) is 9.71. The van der Waals surface area contributed by atoms with Crippen LogP contribution in [0.3, 0.4) is 0 Å². The van der Waals surface area contributed by atoms with E-state index >= 15 is 0 Å². The molecule has 1 N–H and O–H groups in total. The molecule has 0 spiro atoms. The summed E-state index contributed by atoms with van der Waals surface area (Å²) < 4.78 is 18.8. The first-order valence-electron chi connectivity index (χ1n) is 12.1. The van der Waals surface area contributed by atoms with Crippen molar-refractivity contribution >= 4 is 11.6 Å². The number of carbonyl (C=O) groups excluding carboxylic acids is 2. The van der Waals surface area contributed by atoms with Gasteiger partial charge in [0.2, 0.25) is 5.79 Å².